The number of amides is 1. The number of esters is 1. The van der Waals surface area contributed by atoms with Gasteiger partial charge in [0, 0.05) is 26.2 Å². The number of carbonyl (C=O) groups is 2. The molecule has 0 radical (unpaired) electrons. The molecule has 29 heavy (non-hydrogen) atoms. The molecule has 1 atom stereocenters. The lowest BCUT2D eigenvalue weighted by molar-refractivity contribution is -0.139. The number of nitrogens with zero attached hydrogens (tertiary/aromatic N) is 2. The summed E-state index contributed by atoms with van der Waals surface area (Å²) < 4.78 is 10.3. The molecular formula is C22H25ClN2O4. The minimum absolute atomic E-state index is 0.0370. The fourth-order valence-corrected chi connectivity index (χ4v) is 3.58. The van der Waals surface area contributed by atoms with Crippen LogP contribution in [0.3, 0.4) is 0 Å². The van der Waals surface area contributed by atoms with E-state index in [1.165, 1.54) is 7.11 Å². The molecule has 1 fully saturated rings. The van der Waals surface area contributed by atoms with Crippen molar-refractivity contribution in [2.45, 2.75) is 11.9 Å². The summed E-state index contributed by atoms with van der Waals surface area (Å²) in [6.45, 7) is 2.61. The van der Waals surface area contributed by atoms with Crippen LogP contribution >= 0.6 is 11.6 Å². The van der Waals surface area contributed by atoms with Crippen molar-refractivity contribution in [3.05, 3.63) is 65.7 Å². The molecule has 1 aliphatic heterocycles. The molecule has 6 nitrogen and oxygen atoms in total. The van der Waals surface area contributed by atoms with E-state index < -0.39 is 0 Å². The van der Waals surface area contributed by atoms with Crippen molar-refractivity contribution in [3.63, 3.8) is 0 Å². The van der Waals surface area contributed by atoms with Crippen LogP contribution in [0.4, 0.5) is 0 Å². The standard InChI is InChI=1S/C22H25ClN2O4/c1-28-21(27)15-17-6-5-9-19(14-17)29-16-20(26)24-10-12-25(13-11-24)22(23)18-7-3-2-4-8-18/h2-9,14,22H,10-13,15-16H2,1H3. The predicted octanol–water partition coefficient (Wildman–Crippen LogP) is 2.86. The molecule has 1 amide bonds. The highest BCUT2D eigenvalue weighted by Crippen LogP contribution is 2.25. The summed E-state index contributed by atoms with van der Waals surface area (Å²) in [4.78, 5) is 27.9. The van der Waals surface area contributed by atoms with Crippen LogP contribution in [-0.4, -0.2) is 61.6 Å². The first-order valence-corrected chi connectivity index (χ1v) is 10.00. The van der Waals surface area contributed by atoms with Gasteiger partial charge >= 0.3 is 5.97 Å². The normalized spacial score (nSPS) is 15.6. The number of hydrogen-bond donors (Lipinski definition) is 0. The van der Waals surface area contributed by atoms with Crippen molar-refractivity contribution in [2.75, 3.05) is 39.9 Å². The third kappa shape index (κ3) is 5.95. The fourth-order valence-electron chi connectivity index (χ4n) is 3.24. The van der Waals surface area contributed by atoms with Gasteiger partial charge in [0.25, 0.3) is 5.91 Å². The quantitative estimate of drug-likeness (QED) is 0.394. The highest BCUT2D eigenvalue weighted by atomic mass is 35.5. The number of piperazine rings is 1. The minimum Gasteiger partial charge on any atom is -0.484 e. The highest BCUT2D eigenvalue weighted by molar-refractivity contribution is 6.20. The molecule has 2 aromatic carbocycles. The molecular weight excluding hydrogens is 392 g/mol. The highest BCUT2D eigenvalue weighted by Gasteiger charge is 2.26. The van der Waals surface area contributed by atoms with E-state index in [0.29, 0.717) is 31.9 Å². The Hall–Kier alpha value is -2.57. The zero-order chi connectivity index (χ0) is 20.6. The van der Waals surface area contributed by atoms with Gasteiger partial charge in [0.15, 0.2) is 6.61 Å². The maximum Gasteiger partial charge on any atom is 0.309 e. The van der Waals surface area contributed by atoms with Gasteiger partial charge in [0.1, 0.15) is 11.3 Å². The molecule has 1 unspecified atom stereocenters. The Kier molecular flexibility index (Phi) is 7.49. The van der Waals surface area contributed by atoms with Crippen LogP contribution < -0.4 is 4.74 Å². The Morgan fingerprint density at radius 2 is 1.76 bits per heavy atom. The molecule has 1 saturated heterocycles. The molecule has 154 valence electrons. The van der Waals surface area contributed by atoms with Crippen LogP contribution in [0.15, 0.2) is 54.6 Å². The second kappa shape index (κ2) is 10.3. The molecule has 7 heteroatoms. The van der Waals surface area contributed by atoms with Gasteiger partial charge in [0.05, 0.1) is 13.5 Å². The number of alkyl halides is 1. The van der Waals surface area contributed by atoms with E-state index in [0.717, 1.165) is 11.1 Å². The summed E-state index contributed by atoms with van der Waals surface area (Å²) in [5.74, 6) is 0.182. The number of ether oxygens (including phenoxy) is 2. The van der Waals surface area contributed by atoms with E-state index in [9.17, 15) is 9.59 Å². The fraction of sp³-hybridized carbons (Fsp3) is 0.364. The Bertz CT molecular complexity index is 823. The van der Waals surface area contributed by atoms with Crippen LogP contribution in [0.1, 0.15) is 16.6 Å². The first kappa shape index (κ1) is 21.1. The van der Waals surface area contributed by atoms with E-state index >= 15 is 0 Å². The number of methoxy groups -OCH3 is 1. The average Bonchev–Trinajstić information content (AvgIpc) is 2.78. The topological polar surface area (TPSA) is 59.1 Å². The van der Waals surface area contributed by atoms with Crippen LogP contribution in [-0.2, 0) is 20.7 Å². The number of hydrogen-bond acceptors (Lipinski definition) is 5. The summed E-state index contributed by atoms with van der Waals surface area (Å²) in [6, 6.07) is 17.1. The molecule has 0 aliphatic carbocycles. The summed E-state index contributed by atoms with van der Waals surface area (Å²) >= 11 is 6.58. The summed E-state index contributed by atoms with van der Waals surface area (Å²) in [5, 5.41) is 0. The van der Waals surface area contributed by atoms with E-state index in [-0.39, 0.29) is 30.4 Å². The van der Waals surface area contributed by atoms with E-state index in [1.807, 2.05) is 36.4 Å². The maximum atomic E-state index is 12.5. The summed E-state index contributed by atoms with van der Waals surface area (Å²) in [6.07, 6.45) is 0.171. The molecule has 0 N–H and O–H groups in total. The summed E-state index contributed by atoms with van der Waals surface area (Å²) in [7, 11) is 1.35. The minimum atomic E-state index is -0.316. The molecule has 0 spiro atoms. The molecule has 1 aliphatic rings. The smallest absolute Gasteiger partial charge is 0.309 e. The molecule has 2 aromatic rings. The zero-order valence-corrected chi connectivity index (χ0v) is 17.2. The van der Waals surface area contributed by atoms with Gasteiger partial charge in [-0.05, 0) is 23.3 Å². The van der Waals surface area contributed by atoms with Crippen LogP contribution in [0.5, 0.6) is 5.75 Å². The SMILES string of the molecule is COC(=O)Cc1cccc(OCC(=O)N2CCN(C(Cl)c3ccccc3)CC2)c1. The van der Waals surface area contributed by atoms with Crippen molar-refractivity contribution < 1.29 is 19.1 Å². The molecule has 0 saturated carbocycles. The largest absolute Gasteiger partial charge is 0.484 e. The molecule has 0 aromatic heterocycles. The van der Waals surface area contributed by atoms with Crippen molar-refractivity contribution in [1.82, 2.24) is 9.80 Å². The maximum absolute atomic E-state index is 12.5. The lowest BCUT2D eigenvalue weighted by atomic mass is 10.1. The lowest BCUT2D eigenvalue weighted by Gasteiger charge is -2.37. The van der Waals surface area contributed by atoms with Gasteiger partial charge in [-0.25, -0.2) is 0 Å². The van der Waals surface area contributed by atoms with Gasteiger partial charge in [-0.15, -0.1) is 11.6 Å². The van der Waals surface area contributed by atoms with Gasteiger partial charge in [-0.3, -0.25) is 14.5 Å². The van der Waals surface area contributed by atoms with Crippen molar-refractivity contribution in [2.24, 2.45) is 0 Å². The second-order valence-electron chi connectivity index (χ2n) is 6.85. The first-order chi connectivity index (χ1) is 14.1. The van der Waals surface area contributed by atoms with E-state index in [2.05, 4.69) is 9.64 Å². The van der Waals surface area contributed by atoms with Gasteiger partial charge in [-0.2, -0.15) is 0 Å². The Morgan fingerprint density at radius 3 is 2.45 bits per heavy atom. The van der Waals surface area contributed by atoms with Crippen molar-refractivity contribution >= 4 is 23.5 Å². The third-order valence-electron chi connectivity index (χ3n) is 4.90. The zero-order valence-electron chi connectivity index (χ0n) is 16.4. The van der Waals surface area contributed by atoms with Crippen molar-refractivity contribution in [1.29, 1.82) is 0 Å². The van der Waals surface area contributed by atoms with Gasteiger partial charge in [0.2, 0.25) is 0 Å². The predicted molar refractivity (Wildman–Crippen MR) is 111 cm³/mol. The van der Waals surface area contributed by atoms with Gasteiger partial charge < -0.3 is 14.4 Å². The Labute approximate surface area is 176 Å². The third-order valence-corrected chi connectivity index (χ3v) is 5.43. The molecule has 1 heterocycles. The Balaban J connectivity index is 1.46. The first-order valence-electron chi connectivity index (χ1n) is 9.56. The van der Waals surface area contributed by atoms with Crippen molar-refractivity contribution in [3.8, 4) is 5.75 Å². The number of halogens is 1. The van der Waals surface area contributed by atoms with E-state index in [4.69, 9.17) is 16.3 Å². The number of benzene rings is 2. The number of rotatable bonds is 7. The average molecular weight is 417 g/mol. The molecule has 0 bridgehead atoms. The second-order valence-corrected chi connectivity index (χ2v) is 7.27. The van der Waals surface area contributed by atoms with E-state index in [1.54, 1.807) is 23.1 Å². The monoisotopic (exact) mass is 416 g/mol. The van der Waals surface area contributed by atoms with Crippen LogP contribution in [0, 0.1) is 0 Å². The Morgan fingerprint density at radius 1 is 1.03 bits per heavy atom. The number of carbonyl (C=O) groups excluding carboxylic acids is 2. The summed E-state index contributed by atoms with van der Waals surface area (Å²) in [5.41, 5.74) is 1.65. The van der Waals surface area contributed by atoms with Crippen LogP contribution in [0.2, 0.25) is 0 Å². The molecule has 3 rings (SSSR count). The van der Waals surface area contributed by atoms with Gasteiger partial charge in [-0.1, -0.05) is 42.5 Å². The lowest BCUT2D eigenvalue weighted by Crippen LogP contribution is -2.50. The van der Waals surface area contributed by atoms with Crippen LogP contribution in [0.25, 0.3) is 0 Å².